The Morgan fingerprint density at radius 2 is 1.97 bits per heavy atom. The van der Waals surface area contributed by atoms with Gasteiger partial charge in [0.15, 0.2) is 0 Å². The molecule has 0 bridgehead atoms. The highest BCUT2D eigenvalue weighted by Gasteiger charge is 2.40. The van der Waals surface area contributed by atoms with Gasteiger partial charge in [0, 0.05) is 43.6 Å². The second-order valence-electron chi connectivity index (χ2n) is 11.4. The Kier molecular flexibility index (Phi) is 6.15. The van der Waals surface area contributed by atoms with Crippen LogP contribution in [0.3, 0.4) is 0 Å². The molecule has 0 amide bonds. The monoisotopic (exact) mass is 454 g/mol. The molecule has 5 rings (SSSR count). The number of hydrogen-bond acceptors (Lipinski definition) is 7. The number of aromatic nitrogens is 1. The maximum Gasteiger partial charge on any atom is 0.216 e. The Balaban J connectivity index is 1.44. The van der Waals surface area contributed by atoms with Crippen molar-refractivity contribution in [3.8, 4) is 6.07 Å². The van der Waals surface area contributed by atoms with E-state index in [2.05, 4.69) is 43.6 Å². The predicted octanol–water partition coefficient (Wildman–Crippen LogP) is 3.53. The predicted molar refractivity (Wildman–Crippen MR) is 126 cm³/mol. The Labute approximate surface area is 197 Å². The summed E-state index contributed by atoms with van der Waals surface area (Å²) in [5.74, 6) is 2.28. The maximum atomic E-state index is 10.8. The van der Waals surface area contributed by atoms with Crippen LogP contribution in [0, 0.1) is 23.2 Å². The molecule has 0 radical (unpaired) electrons. The average molecular weight is 455 g/mol. The van der Waals surface area contributed by atoms with E-state index in [1.54, 1.807) is 0 Å². The quantitative estimate of drug-likeness (QED) is 0.631. The zero-order valence-electron chi connectivity index (χ0n) is 20.5. The molecule has 33 heavy (non-hydrogen) atoms. The zero-order valence-corrected chi connectivity index (χ0v) is 20.5. The summed E-state index contributed by atoms with van der Waals surface area (Å²) < 4.78 is 11.9. The highest BCUT2D eigenvalue weighted by Crippen LogP contribution is 2.46. The Bertz CT molecular complexity index is 932. The molecule has 1 aromatic heterocycles. The summed E-state index contributed by atoms with van der Waals surface area (Å²) in [6.07, 6.45) is 4.62. The second-order valence-corrected chi connectivity index (χ2v) is 11.4. The summed E-state index contributed by atoms with van der Waals surface area (Å²) in [7, 11) is 0. The van der Waals surface area contributed by atoms with E-state index in [4.69, 9.17) is 14.5 Å². The molecule has 2 saturated carbocycles. The van der Waals surface area contributed by atoms with E-state index in [-0.39, 0.29) is 11.6 Å². The fourth-order valence-electron chi connectivity index (χ4n) is 5.31. The van der Waals surface area contributed by atoms with Crippen molar-refractivity contribution in [2.45, 2.75) is 90.4 Å². The molecule has 4 aliphatic rings. The molecule has 0 aromatic carbocycles. The van der Waals surface area contributed by atoms with Crippen LogP contribution in [0.5, 0.6) is 0 Å². The van der Waals surface area contributed by atoms with Crippen molar-refractivity contribution in [2.75, 3.05) is 31.1 Å². The normalized spacial score (nSPS) is 26.2. The van der Waals surface area contributed by atoms with Crippen LogP contribution < -0.4 is 4.90 Å². The fraction of sp³-hybridized carbons (Fsp3) is 0.769. The highest BCUT2D eigenvalue weighted by atomic mass is 16.6. The van der Waals surface area contributed by atoms with E-state index in [1.807, 2.05) is 0 Å². The highest BCUT2D eigenvalue weighted by molar-refractivity contribution is 5.62. The third kappa shape index (κ3) is 4.77. The molecule has 1 aromatic rings. The smallest absolute Gasteiger partial charge is 0.216 e. The van der Waals surface area contributed by atoms with Crippen molar-refractivity contribution in [1.82, 2.24) is 9.88 Å². The first-order valence-corrected chi connectivity index (χ1v) is 12.7. The van der Waals surface area contributed by atoms with Gasteiger partial charge in [-0.3, -0.25) is 0 Å². The number of ether oxygens (including phenoxy) is 2. The number of fused-ring (bicyclic) bond motifs is 1. The van der Waals surface area contributed by atoms with Gasteiger partial charge in [-0.25, -0.2) is 9.88 Å². The molecule has 1 saturated heterocycles. The summed E-state index contributed by atoms with van der Waals surface area (Å²) in [4.78, 5) is 9.50. The summed E-state index contributed by atoms with van der Waals surface area (Å²) in [5.41, 5.74) is 3.87. The molecule has 3 fully saturated rings. The molecular weight excluding hydrogens is 416 g/mol. The van der Waals surface area contributed by atoms with E-state index < -0.39 is 6.41 Å². The number of aliphatic hydroxyl groups excluding tert-OH is 1. The topological polar surface area (TPSA) is 81.9 Å². The minimum atomic E-state index is -0.868. The third-order valence-corrected chi connectivity index (χ3v) is 7.70. The lowest BCUT2D eigenvalue weighted by Gasteiger charge is -2.46. The van der Waals surface area contributed by atoms with Gasteiger partial charge in [0.05, 0.1) is 30.1 Å². The standard InChI is InChI=1S/C26H38N4O3/c1-16(2)22-13-29(9-10-30(22)25(31)32-14-17-5-6-17)24-20(12-27)19-11-26(3,4)33-15-21(19)23(28-24)18-7-8-18/h16-18,22,25,31H,5-11,13-15H2,1-4H3/t22-,25?/m0/s1. The number of nitrogens with zero attached hydrogens (tertiary/aromatic N) is 4. The molecule has 7 heteroatoms. The first-order valence-electron chi connectivity index (χ1n) is 12.7. The largest absolute Gasteiger partial charge is 0.370 e. The van der Waals surface area contributed by atoms with Gasteiger partial charge in [-0.2, -0.15) is 5.26 Å². The number of pyridine rings is 1. The van der Waals surface area contributed by atoms with Gasteiger partial charge in [0.2, 0.25) is 6.41 Å². The Hall–Kier alpha value is -1.72. The molecule has 2 atom stereocenters. The minimum absolute atomic E-state index is 0.126. The van der Waals surface area contributed by atoms with Crippen molar-refractivity contribution in [2.24, 2.45) is 11.8 Å². The van der Waals surface area contributed by atoms with Gasteiger partial charge in [-0.15, -0.1) is 0 Å². The van der Waals surface area contributed by atoms with Crippen LogP contribution >= 0.6 is 0 Å². The zero-order chi connectivity index (χ0) is 23.3. The number of hydrogen-bond donors (Lipinski definition) is 1. The van der Waals surface area contributed by atoms with Gasteiger partial charge < -0.3 is 19.5 Å². The van der Waals surface area contributed by atoms with Crippen LogP contribution in [0.2, 0.25) is 0 Å². The van der Waals surface area contributed by atoms with Gasteiger partial charge in [0.25, 0.3) is 0 Å². The molecule has 2 aliphatic carbocycles. The number of nitriles is 1. The van der Waals surface area contributed by atoms with Crippen LogP contribution in [0.4, 0.5) is 5.82 Å². The second kappa shape index (κ2) is 8.81. The van der Waals surface area contributed by atoms with Crippen molar-refractivity contribution in [1.29, 1.82) is 5.26 Å². The SMILES string of the molecule is CC(C)[C@@H]1CN(c2nc(C3CC3)c3c(c2C#N)CC(C)(C)OC3)CCN1C(O)OCC1CC1. The lowest BCUT2D eigenvalue weighted by Crippen LogP contribution is -2.59. The molecule has 1 N–H and O–H groups in total. The first kappa shape index (κ1) is 23.0. The van der Waals surface area contributed by atoms with Gasteiger partial charge in [0.1, 0.15) is 11.9 Å². The summed E-state index contributed by atoms with van der Waals surface area (Å²) in [5, 5.41) is 21.0. The molecule has 7 nitrogen and oxygen atoms in total. The van der Waals surface area contributed by atoms with Crippen molar-refractivity contribution in [3.05, 3.63) is 22.4 Å². The molecule has 3 heterocycles. The summed E-state index contributed by atoms with van der Waals surface area (Å²) in [6.45, 7) is 11.9. The molecule has 180 valence electrons. The fourth-order valence-corrected chi connectivity index (χ4v) is 5.31. The van der Waals surface area contributed by atoms with E-state index in [1.165, 1.54) is 25.7 Å². The van der Waals surface area contributed by atoms with Gasteiger partial charge in [-0.1, -0.05) is 13.8 Å². The summed E-state index contributed by atoms with van der Waals surface area (Å²) >= 11 is 0. The lowest BCUT2D eigenvalue weighted by atomic mass is 9.87. The average Bonchev–Trinajstić information content (AvgIpc) is 3.69. The van der Waals surface area contributed by atoms with Gasteiger partial charge >= 0.3 is 0 Å². The van der Waals surface area contributed by atoms with Crippen molar-refractivity contribution < 1.29 is 14.6 Å². The molecule has 0 spiro atoms. The minimum Gasteiger partial charge on any atom is -0.370 e. The van der Waals surface area contributed by atoms with Crippen LogP contribution in [0.15, 0.2) is 0 Å². The summed E-state index contributed by atoms with van der Waals surface area (Å²) in [6, 6.07) is 2.64. The van der Waals surface area contributed by atoms with Crippen LogP contribution in [0.1, 0.15) is 81.7 Å². The van der Waals surface area contributed by atoms with E-state index in [0.29, 0.717) is 43.1 Å². The number of aliphatic hydroxyl groups is 1. The number of rotatable bonds is 7. The maximum absolute atomic E-state index is 10.8. The van der Waals surface area contributed by atoms with E-state index in [9.17, 15) is 10.4 Å². The Morgan fingerprint density at radius 3 is 2.61 bits per heavy atom. The van der Waals surface area contributed by atoms with E-state index >= 15 is 0 Å². The molecular formula is C26H38N4O3. The Morgan fingerprint density at radius 1 is 1.21 bits per heavy atom. The lowest BCUT2D eigenvalue weighted by molar-refractivity contribution is -0.213. The number of anilines is 1. The van der Waals surface area contributed by atoms with Crippen molar-refractivity contribution >= 4 is 5.82 Å². The van der Waals surface area contributed by atoms with Crippen LogP contribution in [-0.2, 0) is 22.5 Å². The van der Waals surface area contributed by atoms with Crippen LogP contribution in [-0.4, -0.2) is 59.3 Å². The number of piperazine rings is 1. The van der Waals surface area contributed by atoms with Gasteiger partial charge in [-0.05, 0) is 56.9 Å². The molecule has 1 unspecified atom stereocenters. The van der Waals surface area contributed by atoms with Crippen molar-refractivity contribution in [3.63, 3.8) is 0 Å². The molecule has 2 aliphatic heterocycles. The van der Waals surface area contributed by atoms with E-state index in [0.717, 1.165) is 42.1 Å². The first-order chi connectivity index (χ1) is 15.8. The van der Waals surface area contributed by atoms with Crippen LogP contribution in [0.25, 0.3) is 0 Å². The third-order valence-electron chi connectivity index (χ3n) is 7.70.